The summed E-state index contributed by atoms with van der Waals surface area (Å²) in [4.78, 5) is 25.1. The maximum Gasteiger partial charge on any atom is 0.248 e. The molecular weight excluding hydrogens is 356 g/mol. The molecule has 0 aliphatic carbocycles. The van der Waals surface area contributed by atoms with Crippen LogP contribution in [0.2, 0.25) is 0 Å². The maximum atomic E-state index is 12.0. The molecule has 0 radical (unpaired) electrons. The summed E-state index contributed by atoms with van der Waals surface area (Å²) in [7, 11) is 0. The number of hydrogen-bond donors (Lipinski definition) is 2. The smallest absolute Gasteiger partial charge is 0.248 e. The lowest BCUT2D eigenvalue weighted by molar-refractivity contribution is -0.120. The van der Waals surface area contributed by atoms with Gasteiger partial charge in [0.2, 0.25) is 11.8 Å². The number of thiophene rings is 1. The van der Waals surface area contributed by atoms with Crippen LogP contribution in [0.3, 0.4) is 0 Å². The fourth-order valence-electron chi connectivity index (χ4n) is 2.47. The molecule has 1 aromatic heterocycles. The van der Waals surface area contributed by atoms with Crippen molar-refractivity contribution in [1.29, 1.82) is 0 Å². The molecule has 4 nitrogen and oxygen atoms in total. The molecule has 136 valence electrons. The highest BCUT2D eigenvalue weighted by atomic mass is 32.1. The van der Waals surface area contributed by atoms with Gasteiger partial charge in [0.15, 0.2) is 0 Å². The van der Waals surface area contributed by atoms with Crippen LogP contribution >= 0.6 is 11.3 Å². The first-order valence-electron chi connectivity index (χ1n) is 8.61. The summed E-state index contributed by atoms with van der Waals surface area (Å²) in [6.45, 7) is 0.554. The number of benzene rings is 2. The van der Waals surface area contributed by atoms with Crippen LogP contribution in [-0.2, 0) is 22.6 Å². The first kappa shape index (κ1) is 18.6. The quantitative estimate of drug-likeness (QED) is 0.606. The molecule has 1 heterocycles. The SMILES string of the molecule is O=C(/C=C/c1ccccc1)Nc1ccc(CC(=O)NCc2cccs2)cc1. The lowest BCUT2D eigenvalue weighted by atomic mass is 10.1. The molecule has 0 bridgehead atoms. The number of amides is 2. The molecule has 0 saturated heterocycles. The van der Waals surface area contributed by atoms with Crippen molar-refractivity contribution in [2.24, 2.45) is 0 Å². The van der Waals surface area contributed by atoms with Crippen molar-refractivity contribution < 1.29 is 9.59 Å². The predicted molar refractivity (Wildman–Crippen MR) is 110 cm³/mol. The largest absolute Gasteiger partial charge is 0.351 e. The lowest BCUT2D eigenvalue weighted by Gasteiger charge is -2.06. The van der Waals surface area contributed by atoms with Gasteiger partial charge in [-0.25, -0.2) is 0 Å². The van der Waals surface area contributed by atoms with Crippen LogP contribution in [0.25, 0.3) is 6.08 Å². The Bertz CT molecular complexity index is 901. The Morgan fingerprint density at radius 1 is 0.926 bits per heavy atom. The van der Waals surface area contributed by atoms with Crippen LogP contribution in [0.1, 0.15) is 16.0 Å². The van der Waals surface area contributed by atoms with Gasteiger partial charge in [0, 0.05) is 16.6 Å². The molecular formula is C22H20N2O2S. The summed E-state index contributed by atoms with van der Waals surface area (Å²) in [5, 5.41) is 7.71. The van der Waals surface area contributed by atoms with Gasteiger partial charge in [0.1, 0.15) is 0 Å². The molecule has 0 unspecified atom stereocenters. The molecule has 5 heteroatoms. The molecule has 2 aromatic carbocycles. The Morgan fingerprint density at radius 3 is 2.41 bits per heavy atom. The van der Waals surface area contributed by atoms with Crippen molar-refractivity contribution in [3.63, 3.8) is 0 Å². The minimum Gasteiger partial charge on any atom is -0.351 e. The van der Waals surface area contributed by atoms with Crippen LogP contribution in [0, 0.1) is 0 Å². The number of nitrogens with one attached hydrogen (secondary N) is 2. The Kier molecular flexibility index (Phi) is 6.55. The average molecular weight is 376 g/mol. The van der Waals surface area contributed by atoms with E-state index < -0.39 is 0 Å². The third kappa shape index (κ3) is 6.24. The molecule has 2 N–H and O–H groups in total. The molecule has 0 aliphatic rings. The van der Waals surface area contributed by atoms with E-state index >= 15 is 0 Å². The molecule has 3 rings (SSSR count). The van der Waals surface area contributed by atoms with Crippen LogP contribution in [0.4, 0.5) is 5.69 Å². The number of rotatable bonds is 7. The van der Waals surface area contributed by atoms with Crippen molar-refractivity contribution in [3.8, 4) is 0 Å². The molecule has 2 amide bonds. The monoisotopic (exact) mass is 376 g/mol. The van der Waals surface area contributed by atoms with E-state index in [2.05, 4.69) is 10.6 Å². The molecule has 0 atom stereocenters. The van der Waals surface area contributed by atoms with Crippen LogP contribution in [0.15, 0.2) is 78.2 Å². The van der Waals surface area contributed by atoms with Gasteiger partial charge in [0.25, 0.3) is 0 Å². The fraction of sp³-hybridized carbons (Fsp3) is 0.0909. The second kappa shape index (κ2) is 9.50. The molecule has 0 spiro atoms. The van der Waals surface area contributed by atoms with Gasteiger partial charge in [-0.1, -0.05) is 48.5 Å². The van der Waals surface area contributed by atoms with E-state index in [0.717, 1.165) is 16.0 Å². The standard InChI is InChI=1S/C22H20N2O2S/c25-21(13-10-17-5-2-1-3-6-17)24-19-11-8-18(9-12-19)15-22(26)23-16-20-7-4-14-27-20/h1-14H,15-16H2,(H,23,26)(H,24,25)/b13-10+. The zero-order chi connectivity index (χ0) is 18.9. The number of carbonyl (C=O) groups is 2. The topological polar surface area (TPSA) is 58.2 Å². The Labute approximate surface area is 162 Å². The molecule has 27 heavy (non-hydrogen) atoms. The van der Waals surface area contributed by atoms with Gasteiger partial charge in [-0.2, -0.15) is 0 Å². The number of anilines is 1. The minimum absolute atomic E-state index is 0.0222. The van der Waals surface area contributed by atoms with Gasteiger partial charge >= 0.3 is 0 Å². The zero-order valence-corrected chi connectivity index (χ0v) is 15.5. The molecule has 0 aliphatic heterocycles. The fourth-order valence-corrected chi connectivity index (χ4v) is 3.12. The second-order valence-corrected chi connectivity index (χ2v) is 7.00. The van der Waals surface area contributed by atoms with Gasteiger partial charge < -0.3 is 10.6 Å². The van der Waals surface area contributed by atoms with E-state index in [-0.39, 0.29) is 11.8 Å². The summed E-state index contributed by atoms with van der Waals surface area (Å²) < 4.78 is 0. The van der Waals surface area contributed by atoms with Gasteiger partial charge in [0.05, 0.1) is 13.0 Å². The highest BCUT2D eigenvalue weighted by Gasteiger charge is 2.05. The maximum absolute atomic E-state index is 12.0. The first-order valence-corrected chi connectivity index (χ1v) is 9.49. The summed E-state index contributed by atoms with van der Waals surface area (Å²) in [6.07, 6.45) is 3.58. The highest BCUT2D eigenvalue weighted by Crippen LogP contribution is 2.11. The van der Waals surface area contributed by atoms with E-state index in [9.17, 15) is 9.59 Å². The van der Waals surface area contributed by atoms with Crippen molar-refractivity contribution >= 4 is 34.9 Å². The highest BCUT2D eigenvalue weighted by molar-refractivity contribution is 7.09. The molecule has 0 fully saturated rings. The van der Waals surface area contributed by atoms with E-state index in [1.807, 2.05) is 60.0 Å². The van der Waals surface area contributed by atoms with E-state index in [1.54, 1.807) is 29.5 Å². The van der Waals surface area contributed by atoms with E-state index in [4.69, 9.17) is 0 Å². The van der Waals surface area contributed by atoms with Crippen molar-refractivity contribution in [3.05, 3.63) is 94.2 Å². The van der Waals surface area contributed by atoms with Gasteiger partial charge in [-0.3, -0.25) is 9.59 Å². The predicted octanol–water partition coefficient (Wildman–Crippen LogP) is 4.26. The zero-order valence-electron chi connectivity index (χ0n) is 14.7. The summed E-state index contributed by atoms with van der Waals surface area (Å²) in [6, 6.07) is 20.9. The van der Waals surface area contributed by atoms with Gasteiger partial charge in [-0.15, -0.1) is 11.3 Å². The van der Waals surface area contributed by atoms with E-state index in [0.29, 0.717) is 18.7 Å². The minimum atomic E-state index is -0.194. The molecule has 0 saturated carbocycles. The van der Waals surface area contributed by atoms with E-state index in [1.165, 1.54) is 6.08 Å². The number of carbonyl (C=O) groups excluding carboxylic acids is 2. The lowest BCUT2D eigenvalue weighted by Crippen LogP contribution is -2.24. The first-order chi connectivity index (χ1) is 13.2. The second-order valence-electron chi connectivity index (χ2n) is 5.96. The van der Waals surface area contributed by atoms with Crippen molar-refractivity contribution in [1.82, 2.24) is 5.32 Å². The van der Waals surface area contributed by atoms with Gasteiger partial charge in [-0.05, 0) is 40.8 Å². The Hall–Kier alpha value is -3.18. The third-order valence-electron chi connectivity index (χ3n) is 3.85. The Morgan fingerprint density at radius 2 is 1.70 bits per heavy atom. The van der Waals surface area contributed by atoms with Crippen molar-refractivity contribution in [2.75, 3.05) is 5.32 Å². The normalized spacial score (nSPS) is 10.7. The summed E-state index contributed by atoms with van der Waals surface area (Å²) >= 11 is 1.62. The van der Waals surface area contributed by atoms with Crippen LogP contribution in [0.5, 0.6) is 0 Å². The molecule has 3 aromatic rings. The van der Waals surface area contributed by atoms with Crippen molar-refractivity contribution in [2.45, 2.75) is 13.0 Å². The van der Waals surface area contributed by atoms with Crippen LogP contribution in [-0.4, -0.2) is 11.8 Å². The summed E-state index contributed by atoms with van der Waals surface area (Å²) in [5.74, 6) is -0.216. The summed E-state index contributed by atoms with van der Waals surface area (Å²) in [5.41, 5.74) is 2.56. The Balaban J connectivity index is 1.47. The number of hydrogen-bond acceptors (Lipinski definition) is 3. The third-order valence-corrected chi connectivity index (χ3v) is 4.73. The van der Waals surface area contributed by atoms with Crippen LogP contribution < -0.4 is 10.6 Å². The average Bonchev–Trinajstić information content (AvgIpc) is 3.21.